The lowest BCUT2D eigenvalue weighted by Gasteiger charge is -2.00. The summed E-state index contributed by atoms with van der Waals surface area (Å²) < 4.78 is 6.93. The second-order valence-electron chi connectivity index (χ2n) is 2.88. The molecule has 0 aliphatic carbocycles. The molecule has 0 amide bonds. The van der Waals surface area contributed by atoms with Crippen molar-refractivity contribution in [3.05, 3.63) is 30.6 Å². The van der Waals surface area contributed by atoms with Crippen LogP contribution in [-0.2, 0) is 7.05 Å². The maximum absolute atomic E-state index is 5.59. The van der Waals surface area contributed by atoms with Gasteiger partial charge in [0.1, 0.15) is 12.1 Å². The number of nitrogens with zero attached hydrogens (tertiary/aromatic N) is 3. The molecule has 0 aliphatic heterocycles. The van der Waals surface area contributed by atoms with Gasteiger partial charge in [-0.15, -0.1) is 5.10 Å². The van der Waals surface area contributed by atoms with Gasteiger partial charge in [0.2, 0.25) is 0 Å². The second-order valence-corrected chi connectivity index (χ2v) is 2.88. The van der Waals surface area contributed by atoms with Crippen LogP contribution < -0.4 is 10.5 Å². The normalized spacial score (nSPS) is 10.1. The summed E-state index contributed by atoms with van der Waals surface area (Å²) >= 11 is 0. The van der Waals surface area contributed by atoms with Gasteiger partial charge in [-0.2, -0.15) is 4.98 Å². The Labute approximate surface area is 81.1 Å². The van der Waals surface area contributed by atoms with Crippen molar-refractivity contribution in [3.8, 4) is 11.8 Å². The Morgan fingerprint density at radius 1 is 1.43 bits per heavy atom. The molecule has 0 spiro atoms. The highest BCUT2D eigenvalue weighted by Crippen LogP contribution is 2.19. The molecule has 1 heterocycles. The molecule has 0 bridgehead atoms. The van der Waals surface area contributed by atoms with Crippen molar-refractivity contribution in [1.82, 2.24) is 14.8 Å². The maximum Gasteiger partial charge on any atom is 0.340 e. The fourth-order valence-corrected chi connectivity index (χ4v) is 1.05. The summed E-state index contributed by atoms with van der Waals surface area (Å²) in [4.78, 5) is 3.93. The van der Waals surface area contributed by atoms with E-state index in [-0.39, 0.29) is 0 Å². The summed E-state index contributed by atoms with van der Waals surface area (Å²) in [6, 6.07) is 7.44. The van der Waals surface area contributed by atoms with Crippen molar-refractivity contribution in [2.45, 2.75) is 0 Å². The number of hydrogen-bond donors (Lipinski definition) is 1. The lowest BCUT2D eigenvalue weighted by molar-refractivity contribution is 0.439. The van der Waals surface area contributed by atoms with Crippen LogP contribution in [0.3, 0.4) is 0 Å². The van der Waals surface area contributed by atoms with Gasteiger partial charge in [-0.3, -0.25) is 4.68 Å². The molecule has 0 fully saturated rings. The molecule has 5 heteroatoms. The van der Waals surface area contributed by atoms with Gasteiger partial charge in [0.05, 0.1) is 0 Å². The first kappa shape index (κ1) is 8.55. The number of hydrogen-bond acceptors (Lipinski definition) is 4. The van der Waals surface area contributed by atoms with Crippen molar-refractivity contribution in [1.29, 1.82) is 0 Å². The minimum atomic E-state index is 0.318. The molecule has 2 aromatic rings. The third-order valence-electron chi connectivity index (χ3n) is 1.65. The summed E-state index contributed by atoms with van der Waals surface area (Å²) in [5.74, 6) is 0.635. The van der Waals surface area contributed by atoms with Crippen molar-refractivity contribution in [3.63, 3.8) is 0 Å². The molecule has 0 aliphatic rings. The summed E-state index contributed by atoms with van der Waals surface area (Å²) in [5, 5.41) is 3.98. The van der Waals surface area contributed by atoms with E-state index >= 15 is 0 Å². The molecule has 2 N–H and O–H groups in total. The third kappa shape index (κ3) is 1.82. The van der Waals surface area contributed by atoms with Crippen LogP contribution in [-0.4, -0.2) is 14.8 Å². The zero-order valence-corrected chi connectivity index (χ0v) is 7.71. The fraction of sp³-hybridized carbons (Fsp3) is 0.111. The molecule has 1 aromatic carbocycles. The van der Waals surface area contributed by atoms with Crippen LogP contribution in [0.2, 0.25) is 0 Å². The first-order chi connectivity index (χ1) is 6.74. The highest BCUT2D eigenvalue weighted by Gasteiger charge is 2.01. The quantitative estimate of drug-likeness (QED) is 0.722. The van der Waals surface area contributed by atoms with Gasteiger partial charge < -0.3 is 10.5 Å². The van der Waals surface area contributed by atoms with Gasteiger partial charge in [-0.25, -0.2) is 0 Å². The van der Waals surface area contributed by atoms with E-state index in [0.717, 1.165) is 0 Å². The van der Waals surface area contributed by atoms with Crippen LogP contribution in [0.1, 0.15) is 0 Å². The molecule has 0 saturated heterocycles. The van der Waals surface area contributed by atoms with E-state index in [1.165, 1.54) is 0 Å². The number of anilines is 1. The number of benzene rings is 1. The lowest BCUT2D eigenvalue weighted by atomic mass is 10.3. The molecule has 0 radical (unpaired) electrons. The van der Waals surface area contributed by atoms with E-state index < -0.39 is 0 Å². The standard InChI is InChI=1S/C9H10N4O/c1-13-6-11-9(12-13)14-8-4-2-3-7(10)5-8/h2-6H,10H2,1H3. The number of ether oxygens (including phenoxy) is 1. The van der Waals surface area contributed by atoms with Crippen molar-refractivity contribution in [2.75, 3.05) is 5.73 Å². The van der Waals surface area contributed by atoms with Gasteiger partial charge in [0.25, 0.3) is 0 Å². The second kappa shape index (κ2) is 3.37. The minimum absolute atomic E-state index is 0.318. The lowest BCUT2D eigenvalue weighted by Crippen LogP contribution is -1.91. The first-order valence-electron chi connectivity index (χ1n) is 4.13. The van der Waals surface area contributed by atoms with Gasteiger partial charge in [0.15, 0.2) is 0 Å². The van der Waals surface area contributed by atoms with Crippen molar-refractivity contribution < 1.29 is 4.74 Å². The molecule has 0 saturated carbocycles. The largest absolute Gasteiger partial charge is 0.423 e. The average molecular weight is 190 g/mol. The van der Waals surface area contributed by atoms with Gasteiger partial charge in [-0.05, 0) is 12.1 Å². The van der Waals surface area contributed by atoms with Gasteiger partial charge in [0, 0.05) is 18.8 Å². The third-order valence-corrected chi connectivity index (χ3v) is 1.65. The van der Waals surface area contributed by atoms with E-state index in [1.54, 1.807) is 36.3 Å². The Kier molecular flexibility index (Phi) is 2.06. The summed E-state index contributed by atoms with van der Waals surface area (Å²) in [6.07, 6.45) is 1.57. The van der Waals surface area contributed by atoms with E-state index in [4.69, 9.17) is 10.5 Å². The minimum Gasteiger partial charge on any atom is -0.423 e. The number of nitrogen functional groups attached to an aromatic ring is 1. The van der Waals surface area contributed by atoms with Gasteiger partial charge >= 0.3 is 6.01 Å². The van der Waals surface area contributed by atoms with Crippen LogP contribution in [0, 0.1) is 0 Å². The monoisotopic (exact) mass is 190 g/mol. The predicted molar refractivity (Wildman–Crippen MR) is 51.9 cm³/mol. The Hall–Kier alpha value is -2.04. The van der Waals surface area contributed by atoms with Crippen LogP contribution in [0.4, 0.5) is 5.69 Å². The van der Waals surface area contributed by atoms with E-state index in [1.807, 2.05) is 6.07 Å². The highest BCUT2D eigenvalue weighted by atomic mass is 16.5. The van der Waals surface area contributed by atoms with Gasteiger partial charge in [-0.1, -0.05) is 6.07 Å². The summed E-state index contributed by atoms with van der Waals surface area (Å²) in [7, 11) is 1.78. The summed E-state index contributed by atoms with van der Waals surface area (Å²) in [6.45, 7) is 0. The summed E-state index contributed by atoms with van der Waals surface area (Å²) in [5.41, 5.74) is 6.24. The molecule has 14 heavy (non-hydrogen) atoms. The molecule has 0 unspecified atom stereocenters. The molecule has 0 atom stereocenters. The molecule has 72 valence electrons. The van der Waals surface area contributed by atoms with Crippen LogP contribution in [0.5, 0.6) is 11.8 Å². The maximum atomic E-state index is 5.59. The number of rotatable bonds is 2. The zero-order valence-electron chi connectivity index (χ0n) is 7.71. The van der Waals surface area contributed by atoms with E-state index in [2.05, 4.69) is 10.1 Å². The van der Waals surface area contributed by atoms with Crippen molar-refractivity contribution >= 4 is 5.69 Å². The topological polar surface area (TPSA) is 66.0 Å². The number of nitrogens with two attached hydrogens (primary N) is 1. The van der Waals surface area contributed by atoms with Crippen LogP contribution in [0.25, 0.3) is 0 Å². The Morgan fingerprint density at radius 2 is 2.29 bits per heavy atom. The molecule has 1 aromatic heterocycles. The molecule has 2 rings (SSSR count). The molecular formula is C9H10N4O. The van der Waals surface area contributed by atoms with E-state index in [9.17, 15) is 0 Å². The van der Waals surface area contributed by atoms with Crippen LogP contribution >= 0.6 is 0 Å². The van der Waals surface area contributed by atoms with E-state index in [0.29, 0.717) is 17.4 Å². The zero-order chi connectivity index (χ0) is 9.97. The van der Waals surface area contributed by atoms with Crippen molar-refractivity contribution in [2.24, 2.45) is 7.05 Å². The Bertz CT molecular complexity index is 438. The highest BCUT2D eigenvalue weighted by molar-refractivity contribution is 5.44. The number of aromatic nitrogens is 3. The Morgan fingerprint density at radius 3 is 2.93 bits per heavy atom. The molecule has 5 nitrogen and oxygen atoms in total. The SMILES string of the molecule is Cn1cnc(Oc2cccc(N)c2)n1. The van der Waals surface area contributed by atoms with Crippen LogP contribution in [0.15, 0.2) is 30.6 Å². The number of aryl methyl sites for hydroxylation is 1. The Balaban J connectivity index is 2.18. The predicted octanol–water partition coefficient (Wildman–Crippen LogP) is 1.19. The first-order valence-corrected chi connectivity index (χ1v) is 4.13. The smallest absolute Gasteiger partial charge is 0.340 e. The average Bonchev–Trinajstić information content (AvgIpc) is 2.51. The fourth-order valence-electron chi connectivity index (χ4n) is 1.05. The molecular weight excluding hydrogens is 180 g/mol.